The van der Waals surface area contributed by atoms with E-state index in [1.807, 2.05) is 13.8 Å². The monoisotopic (exact) mass is 469 g/mol. The van der Waals surface area contributed by atoms with Crippen molar-refractivity contribution in [3.63, 3.8) is 0 Å². The number of hydrogen-bond acceptors (Lipinski definition) is 6. The first-order chi connectivity index (χ1) is 15.8. The smallest absolute Gasteiger partial charge is 0.248 e. The van der Waals surface area contributed by atoms with E-state index < -0.39 is 0 Å². The summed E-state index contributed by atoms with van der Waals surface area (Å²) in [4.78, 5) is 23.6. The van der Waals surface area contributed by atoms with Crippen molar-refractivity contribution in [2.24, 2.45) is 0 Å². The number of carbonyl (C=O) groups is 2. The van der Waals surface area contributed by atoms with Crippen LogP contribution in [-0.2, 0) is 16.2 Å². The average Bonchev–Trinajstić information content (AvgIpc) is 3.10. The van der Waals surface area contributed by atoms with Gasteiger partial charge in [-0.2, -0.15) is 0 Å². The molecule has 0 aliphatic heterocycles. The molecule has 2 amide bonds. The van der Waals surface area contributed by atoms with Gasteiger partial charge in [0, 0.05) is 18.7 Å². The molecule has 2 aromatic carbocycles. The van der Waals surface area contributed by atoms with Crippen molar-refractivity contribution in [2.45, 2.75) is 27.4 Å². The van der Waals surface area contributed by atoms with Crippen LogP contribution in [0.3, 0.4) is 0 Å². The molecule has 2 N–H and O–H groups in total. The molecule has 33 heavy (non-hydrogen) atoms. The first kappa shape index (κ1) is 23.9. The van der Waals surface area contributed by atoms with Crippen LogP contribution in [0.2, 0.25) is 5.02 Å². The molecule has 0 saturated carbocycles. The lowest BCUT2D eigenvalue weighted by Crippen LogP contribution is -2.10. The Bertz CT molecular complexity index is 1180. The fourth-order valence-corrected chi connectivity index (χ4v) is 3.18. The topological polar surface area (TPSA) is 103 Å². The quantitative estimate of drug-likeness (QED) is 0.442. The van der Waals surface area contributed by atoms with Gasteiger partial charge in [-0.25, -0.2) is 0 Å². The van der Waals surface area contributed by atoms with Gasteiger partial charge < -0.3 is 24.6 Å². The van der Waals surface area contributed by atoms with Crippen LogP contribution in [0.1, 0.15) is 29.5 Å². The summed E-state index contributed by atoms with van der Waals surface area (Å²) in [5.74, 6) is 1.19. The number of nitrogens with zero attached hydrogens (tertiary/aromatic N) is 1. The summed E-state index contributed by atoms with van der Waals surface area (Å²) in [6, 6.07) is 10.2. The molecule has 3 rings (SSSR count). The number of anilines is 2. The second-order valence-electron chi connectivity index (χ2n) is 7.20. The maximum atomic E-state index is 12.4. The predicted molar refractivity (Wildman–Crippen MR) is 127 cm³/mol. The molecule has 172 valence electrons. The number of rotatable bonds is 8. The van der Waals surface area contributed by atoms with Crippen molar-refractivity contribution >= 4 is 40.9 Å². The van der Waals surface area contributed by atoms with Gasteiger partial charge in [-0.1, -0.05) is 22.8 Å². The lowest BCUT2D eigenvalue weighted by molar-refractivity contribution is -0.114. The van der Waals surface area contributed by atoms with Gasteiger partial charge in [0.1, 0.15) is 12.4 Å². The third-order valence-electron chi connectivity index (χ3n) is 4.71. The molecule has 0 radical (unpaired) electrons. The van der Waals surface area contributed by atoms with Gasteiger partial charge in [0.15, 0.2) is 11.5 Å². The van der Waals surface area contributed by atoms with Crippen molar-refractivity contribution in [2.75, 3.05) is 17.7 Å². The van der Waals surface area contributed by atoms with Crippen LogP contribution < -0.4 is 20.1 Å². The molecule has 0 saturated heterocycles. The Morgan fingerprint density at radius 2 is 1.91 bits per heavy atom. The maximum Gasteiger partial charge on any atom is 0.248 e. The summed E-state index contributed by atoms with van der Waals surface area (Å²) in [6.07, 6.45) is 3.02. The Balaban J connectivity index is 1.67. The standard InChI is InChI=1S/C24H24ClN3O5/c1-14-19(15(2)33-28-14)13-32-22-9-5-17(11-23(22)31-4)6-10-24(30)27-21-12-18(26-16(3)29)7-8-20(21)25/h5-12H,13H2,1-4H3,(H,26,29)(H,27,30)/b10-6+. The van der Waals surface area contributed by atoms with Crippen molar-refractivity contribution in [3.05, 3.63) is 70.1 Å². The summed E-state index contributed by atoms with van der Waals surface area (Å²) in [5, 5.41) is 9.62. The Morgan fingerprint density at radius 3 is 2.58 bits per heavy atom. The van der Waals surface area contributed by atoms with Crippen molar-refractivity contribution in [1.29, 1.82) is 0 Å². The number of hydrogen-bond donors (Lipinski definition) is 2. The van der Waals surface area contributed by atoms with Gasteiger partial charge in [0.25, 0.3) is 0 Å². The van der Waals surface area contributed by atoms with E-state index in [2.05, 4.69) is 15.8 Å². The molecule has 8 nitrogen and oxygen atoms in total. The van der Waals surface area contributed by atoms with Gasteiger partial charge in [0.05, 0.1) is 29.1 Å². The first-order valence-corrected chi connectivity index (χ1v) is 10.4. The number of aryl methyl sites for hydroxylation is 2. The van der Waals surface area contributed by atoms with E-state index in [-0.39, 0.29) is 11.8 Å². The Morgan fingerprint density at radius 1 is 1.12 bits per heavy atom. The summed E-state index contributed by atoms with van der Waals surface area (Å²) >= 11 is 6.15. The maximum absolute atomic E-state index is 12.4. The zero-order valence-electron chi connectivity index (χ0n) is 18.7. The van der Waals surface area contributed by atoms with E-state index in [1.165, 1.54) is 13.0 Å². The number of nitrogens with one attached hydrogen (secondary N) is 2. The molecule has 0 bridgehead atoms. The second kappa shape index (κ2) is 10.7. The predicted octanol–water partition coefficient (Wildman–Crippen LogP) is 5.14. The SMILES string of the molecule is COc1cc(/C=C/C(=O)Nc2cc(NC(C)=O)ccc2Cl)ccc1OCc1c(C)noc1C. The Hall–Kier alpha value is -3.78. The molecule has 9 heteroatoms. The van der Waals surface area contributed by atoms with Gasteiger partial charge in [-0.3, -0.25) is 9.59 Å². The number of benzene rings is 2. The van der Waals surface area contributed by atoms with Crippen molar-refractivity contribution in [1.82, 2.24) is 5.16 Å². The fraction of sp³-hybridized carbons (Fsp3) is 0.208. The molecule has 0 fully saturated rings. The minimum Gasteiger partial charge on any atom is -0.493 e. The fourth-order valence-electron chi connectivity index (χ4n) is 3.01. The minimum atomic E-state index is -0.380. The molecule has 0 spiro atoms. The van der Waals surface area contributed by atoms with Crippen molar-refractivity contribution in [3.8, 4) is 11.5 Å². The van der Waals surface area contributed by atoms with Crippen LogP contribution >= 0.6 is 11.6 Å². The molecular formula is C24H24ClN3O5. The second-order valence-corrected chi connectivity index (χ2v) is 7.61. The molecule has 3 aromatic rings. The van der Waals surface area contributed by atoms with Crippen LogP contribution in [0.25, 0.3) is 6.08 Å². The van der Waals surface area contributed by atoms with E-state index in [4.69, 9.17) is 25.6 Å². The normalized spacial score (nSPS) is 10.8. The molecule has 1 heterocycles. The molecular weight excluding hydrogens is 446 g/mol. The molecule has 0 aliphatic rings. The van der Waals surface area contributed by atoms with Gasteiger partial charge >= 0.3 is 0 Å². The zero-order chi connectivity index (χ0) is 24.0. The van der Waals surface area contributed by atoms with Gasteiger partial charge in [-0.05, 0) is 55.8 Å². The molecule has 0 unspecified atom stereocenters. The number of amides is 2. The Labute approximate surface area is 196 Å². The van der Waals surface area contributed by atoms with E-state index in [9.17, 15) is 9.59 Å². The zero-order valence-corrected chi connectivity index (χ0v) is 19.4. The van der Waals surface area contributed by atoms with E-state index in [0.29, 0.717) is 40.3 Å². The third-order valence-corrected chi connectivity index (χ3v) is 5.04. The van der Waals surface area contributed by atoms with Crippen LogP contribution in [0.4, 0.5) is 11.4 Å². The summed E-state index contributed by atoms with van der Waals surface area (Å²) < 4.78 is 16.5. The van der Waals surface area contributed by atoms with Crippen LogP contribution in [0, 0.1) is 13.8 Å². The lowest BCUT2D eigenvalue weighted by Gasteiger charge is -2.11. The molecule has 0 aliphatic carbocycles. The average molecular weight is 470 g/mol. The van der Waals surface area contributed by atoms with E-state index in [0.717, 1.165) is 16.8 Å². The highest BCUT2D eigenvalue weighted by atomic mass is 35.5. The summed E-state index contributed by atoms with van der Waals surface area (Å²) in [7, 11) is 1.54. The summed E-state index contributed by atoms with van der Waals surface area (Å²) in [6.45, 7) is 5.39. The van der Waals surface area contributed by atoms with Crippen LogP contribution in [-0.4, -0.2) is 24.1 Å². The van der Waals surface area contributed by atoms with Gasteiger partial charge in [-0.15, -0.1) is 0 Å². The number of methoxy groups -OCH3 is 1. The van der Waals surface area contributed by atoms with Gasteiger partial charge in [0.2, 0.25) is 11.8 Å². The minimum absolute atomic E-state index is 0.220. The largest absolute Gasteiger partial charge is 0.493 e. The van der Waals surface area contributed by atoms with E-state index >= 15 is 0 Å². The van der Waals surface area contributed by atoms with Crippen LogP contribution in [0.15, 0.2) is 47.0 Å². The van der Waals surface area contributed by atoms with E-state index in [1.54, 1.807) is 49.6 Å². The summed E-state index contributed by atoms with van der Waals surface area (Å²) in [5.41, 5.74) is 3.32. The number of halogens is 1. The number of carbonyl (C=O) groups excluding carboxylic acids is 2. The third kappa shape index (κ3) is 6.36. The first-order valence-electron chi connectivity index (χ1n) is 10.1. The lowest BCUT2D eigenvalue weighted by atomic mass is 10.1. The molecule has 0 atom stereocenters. The Kier molecular flexibility index (Phi) is 7.74. The van der Waals surface area contributed by atoms with Crippen LogP contribution in [0.5, 0.6) is 11.5 Å². The number of aromatic nitrogens is 1. The molecule has 1 aromatic heterocycles. The van der Waals surface area contributed by atoms with Crippen molar-refractivity contribution < 1.29 is 23.6 Å². The number of ether oxygens (including phenoxy) is 2. The highest BCUT2D eigenvalue weighted by Gasteiger charge is 2.12. The highest BCUT2D eigenvalue weighted by Crippen LogP contribution is 2.30. The highest BCUT2D eigenvalue weighted by molar-refractivity contribution is 6.34.